The number of fused-ring (bicyclic) bond motifs is 8. The Kier molecular flexibility index (Phi) is 4.75. The molecule has 1 aliphatic heterocycles. The summed E-state index contributed by atoms with van der Waals surface area (Å²) in [5, 5.41) is 9.43. The average molecular weight is 561 g/mol. The van der Waals surface area contributed by atoms with Gasteiger partial charge in [0.15, 0.2) is 0 Å². The molecule has 1 aromatic heterocycles. The molecule has 2 heterocycles. The molecule has 0 saturated heterocycles. The summed E-state index contributed by atoms with van der Waals surface area (Å²) < 4.78 is 12.9. The fraction of sp³-hybridized carbons (Fsp3) is 0. The van der Waals surface area contributed by atoms with Crippen LogP contribution in [-0.2, 0) is 0 Å². The van der Waals surface area contributed by atoms with Crippen molar-refractivity contribution in [3.8, 4) is 44.9 Å². The van der Waals surface area contributed by atoms with E-state index >= 15 is 0 Å². The van der Waals surface area contributed by atoms with Gasteiger partial charge in [0, 0.05) is 27.1 Å². The second-order valence-corrected chi connectivity index (χ2v) is 11.6. The molecule has 0 N–H and O–H groups in total. The maximum absolute atomic E-state index is 6.53. The summed E-state index contributed by atoms with van der Waals surface area (Å²) >= 11 is 0. The lowest BCUT2D eigenvalue weighted by molar-refractivity contribution is 0.487. The van der Waals surface area contributed by atoms with Crippen molar-refractivity contribution in [3.63, 3.8) is 0 Å². The molecule has 9 aromatic rings. The maximum Gasteiger partial charge on any atom is 0.143 e. The third-order valence-electron chi connectivity index (χ3n) is 9.29. The highest BCUT2D eigenvalue weighted by Gasteiger charge is 2.22. The zero-order chi connectivity index (χ0) is 28.8. The van der Waals surface area contributed by atoms with Gasteiger partial charge in [-0.2, -0.15) is 0 Å². The van der Waals surface area contributed by atoms with Crippen LogP contribution in [0.5, 0.6) is 11.5 Å². The Morgan fingerprint density at radius 2 is 0.932 bits per heavy atom. The fourth-order valence-electron chi connectivity index (χ4n) is 7.36. The van der Waals surface area contributed by atoms with E-state index in [0.29, 0.717) is 0 Å². The van der Waals surface area contributed by atoms with Crippen LogP contribution in [0.1, 0.15) is 0 Å². The molecule has 0 aliphatic carbocycles. The first-order valence-corrected chi connectivity index (χ1v) is 15.0. The molecule has 0 bridgehead atoms. The van der Waals surface area contributed by atoms with Crippen LogP contribution in [0, 0.1) is 0 Å². The number of hydrogen-bond acceptors (Lipinski definition) is 2. The first-order chi connectivity index (χ1) is 21.8. The number of rotatable bonds is 2. The van der Waals surface area contributed by atoms with Gasteiger partial charge in [-0.3, -0.25) is 0 Å². The summed E-state index contributed by atoms with van der Waals surface area (Å²) in [6, 6.07) is 51.8. The Balaban J connectivity index is 1.23. The Morgan fingerprint density at radius 1 is 0.318 bits per heavy atom. The first-order valence-electron chi connectivity index (χ1n) is 15.0. The van der Waals surface area contributed by atoms with E-state index in [4.69, 9.17) is 9.15 Å². The maximum atomic E-state index is 6.53. The summed E-state index contributed by atoms with van der Waals surface area (Å²) in [5.74, 6) is 1.81. The molecule has 204 valence electrons. The number of benzene rings is 8. The third-order valence-corrected chi connectivity index (χ3v) is 9.29. The van der Waals surface area contributed by atoms with Crippen molar-refractivity contribution in [1.29, 1.82) is 0 Å². The highest BCUT2D eigenvalue weighted by atomic mass is 16.5. The minimum atomic E-state index is 0.906. The average Bonchev–Trinajstić information content (AvgIpc) is 3.48. The smallest absolute Gasteiger partial charge is 0.143 e. The molecular formula is C42H24O2. The number of ether oxygens (including phenoxy) is 1. The number of furan rings is 1. The molecule has 0 fully saturated rings. The molecule has 0 atom stereocenters. The molecule has 2 heteroatoms. The van der Waals surface area contributed by atoms with Crippen LogP contribution in [0.25, 0.3) is 87.6 Å². The van der Waals surface area contributed by atoms with Crippen molar-refractivity contribution >= 4 is 54.3 Å². The van der Waals surface area contributed by atoms with E-state index in [1.54, 1.807) is 0 Å². The lowest BCUT2D eigenvalue weighted by atomic mass is 9.87. The molecule has 44 heavy (non-hydrogen) atoms. The highest BCUT2D eigenvalue weighted by Crippen LogP contribution is 2.50. The second kappa shape index (κ2) is 8.82. The summed E-state index contributed by atoms with van der Waals surface area (Å²) in [4.78, 5) is 0. The predicted molar refractivity (Wildman–Crippen MR) is 183 cm³/mol. The number of hydrogen-bond donors (Lipinski definition) is 0. The largest absolute Gasteiger partial charge is 0.456 e. The van der Waals surface area contributed by atoms with E-state index in [2.05, 4.69) is 133 Å². The van der Waals surface area contributed by atoms with Gasteiger partial charge in [-0.15, -0.1) is 0 Å². The Morgan fingerprint density at radius 3 is 1.80 bits per heavy atom. The minimum Gasteiger partial charge on any atom is -0.456 e. The molecule has 1 aliphatic rings. The summed E-state index contributed by atoms with van der Waals surface area (Å²) in [7, 11) is 0. The van der Waals surface area contributed by atoms with Crippen LogP contribution in [0.2, 0.25) is 0 Å². The van der Waals surface area contributed by atoms with Gasteiger partial charge in [0.2, 0.25) is 0 Å². The van der Waals surface area contributed by atoms with Crippen molar-refractivity contribution in [1.82, 2.24) is 0 Å². The molecule has 8 aromatic carbocycles. The lowest BCUT2D eigenvalue weighted by Crippen LogP contribution is -1.97. The molecule has 0 saturated carbocycles. The minimum absolute atomic E-state index is 0.906. The highest BCUT2D eigenvalue weighted by molar-refractivity contribution is 6.21. The van der Waals surface area contributed by atoms with Crippen LogP contribution in [-0.4, -0.2) is 0 Å². The third kappa shape index (κ3) is 3.20. The Hall–Kier alpha value is -5.86. The van der Waals surface area contributed by atoms with E-state index in [9.17, 15) is 0 Å². The van der Waals surface area contributed by atoms with Gasteiger partial charge in [-0.25, -0.2) is 0 Å². The summed E-state index contributed by atoms with van der Waals surface area (Å²) in [6.45, 7) is 0. The van der Waals surface area contributed by atoms with Crippen LogP contribution >= 0.6 is 0 Å². The van der Waals surface area contributed by atoms with E-state index < -0.39 is 0 Å². The van der Waals surface area contributed by atoms with E-state index in [0.717, 1.165) is 44.4 Å². The van der Waals surface area contributed by atoms with E-state index in [1.807, 2.05) is 12.1 Å². The second-order valence-electron chi connectivity index (χ2n) is 11.6. The molecular weight excluding hydrogens is 536 g/mol. The van der Waals surface area contributed by atoms with Gasteiger partial charge in [0.1, 0.15) is 22.7 Å². The van der Waals surface area contributed by atoms with Crippen molar-refractivity contribution in [2.75, 3.05) is 0 Å². The predicted octanol–water partition coefficient (Wildman–Crippen LogP) is 12.2. The number of para-hydroxylation sites is 1. The van der Waals surface area contributed by atoms with Gasteiger partial charge in [-0.05, 0) is 73.6 Å². The molecule has 0 radical (unpaired) electrons. The SMILES string of the molecule is c1ccc2c(c1)Oc1ccc(-c3ccc(-c4cccc5oc6c7ccccc7ccc6c45)c4ccccc34)c3cccc-2c13. The topological polar surface area (TPSA) is 22.4 Å². The van der Waals surface area contributed by atoms with E-state index in [1.165, 1.54) is 54.7 Å². The van der Waals surface area contributed by atoms with Crippen molar-refractivity contribution in [2.45, 2.75) is 0 Å². The van der Waals surface area contributed by atoms with Gasteiger partial charge >= 0.3 is 0 Å². The van der Waals surface area contributed by atoms with Crippen molar-refractivity contribution in [2.24, 2.45) is 0 Å². The van der Waals surface area contributed by atoms with Crippen molar-refractivity contribution in [3.05, 3.63) is 146 Å². The Bertz CT molecular complexity index is 2640. The fourth-order valence-corrected chi connectivity index (χ4v) is 7.36. The molecule has 0 spiro atoms. The monoisotopic (exact) mass is 560 g/mol. The molecule has 10 rings (SSSR count). The van der Waals surface area contributed by atoms with Crippen molar-refractivity contribution < 1.29 is 9.15 Å². The van der Waals surface area contributed by atoms with Crippen LogP contribution in [0.3, 0.4) is 0 Å². The quantitative estimate of drug-likeness (QED) is 0.210. The normalized spacial score (nSPS) is 12.3. The summed E-state index contributed by atoms with van der Waals surface area (Å²) in [6.07, 6.45) is 0. The van der Waals surface area contributed by atoms with E-state index in [-0.39, 0.29) is 0 Å². The van der Waals surface area contributed by atoms with Crippen LogP contribution < -0.4 is 4.74 Å². The molecule has 2 nitrogen and oxygen atoms in total. The van der Waals surface area contributed by atoms with Gasteiger partial charge in [-0.1, -0.05) is 121 Å². The zero-order valence-corrected chi connectivity index (χ0v) is 23.7. The van der Waals surface area contributed by atoms with Gasteiger partial charge in [0.25, 0.3) is 0 Å². The molecule has 0 unspecified atom stereocenters. The molecule has 0 amide bonds. The van der Waals surface area contributed by atoms with Crippen LogP contribution in [0.4, 0.5) is 0 Å². The van der Waals surface area contributed by atoms with Gasteiger partial charge < -0.3 is 9.15 Å². The van der Waals surface area contributed by atoms with Crippen LogP contribution in [0.15, 0.2) is 150 Å². The standard InChI is InChI=1S/C42H24O2/c1-2-10-26-25(9-1)19-20-36-41-34(16-8-18-38(41)44-42(26)36)30-22-21-29(27-11-3-4-12-28(27)30)31-23-24-39-40-33(31)14-7-15-35(40)32-13-5-6-17-37(32)43-39/h1-24H. The lowest BCUT2D eigenvalue weighted by Gasteiger charge is -2.23. The first kappa shape index (κ1) is 23.7. The zero-order valence-electron chi connectivity index (χ0n) is 23.7. The Labute approximate surface area is 253 Å². The summed E-state index contributed by atoms with van der Waals surface area (Å²) in [5.41, 5.74) is 9.00. The van der Waals surface area contributed by atoms with Gasteiger partial charge in [0.05, 0.1) is 0 Å².